The van der Waals surface area contributed by atoms with Gasteiger partial charge in [-0.3, -0.25) is 4.57 Å². The van der Waals surface area contributed by atoms with Gasteiger partial charge in [-0.05, 0) is 37.8 Å². The molecule has 1 aliphatic rings. The van der Waals surface area contributed by atoms with Crippen molar-refractivity contribution in [3.63, 3.8) is 0 Å². The molecule has 5 heteroatoms. The van der Waals surface area contributed by atoms with Crippen LogP contribution in [0.25, 0.3) is 5.69 Å². The summed E-state index contributed by atoms with van der Waals surface area (Å²) >= 11 is 12.5. The molecule has 3 nitrogen and oxygen atoms in total. The molecule has 0 fully saturated rings. The van der Waals surface area contributed by atoms with Gasteiger partial charge in [0.15, 0.2) is 0 Å². The number of aromatic nitrogens is 2. The first-order valence-electron chi connectivity index (χ1n) is 5.97. The van der Waals surface area contributed by atoms with Crippen molar-refractivity contribution in [1.29, 1.82) is 0 Å². The van der Waals surface area contributed by atoms with Crippen LogP contribution in [0.15, 0.2) is 18.5 Å². The van der Waals surface area contributed by atoms with Gasteiger partial charge in [-0.1, -0.05) is 23.2 Å². The molecule has 1 heterocycles. The van der Waals surface area contributed by atoms with Gasteiger partial charge < -0.3 is 5.73 Å². The minimum Gasteiger partial charge on any atom is -0.399 e. The van der Waals surface area contributed by atoms with Gasteiger partial charge in [0, 0.05) is 11.4 Å². The van der Waals surface area contributed by atoms with Crippen molar-refractivity contribution in [3.05, 3.63) is 39.9 Å². The lowest BCUT2D eigenvalue weighted by Crippen LogP contribution is -2.07. The van der Waals surface area contributed by atoms with E-state index < -0.39 is 0 Å². The molecule has 0 saturated heterocycles. The summed E-state index contributed by atoms with van der Waals surface area (Å²) in [7, 11) is 0. The maximum absolute atomic E-state index is 6.26. The number of fused-ring (bicyclic) bond motifs is 1. The number of anilines is 1. The third-order valence-electron chi connectivity index (χ3n) is 3.31. The van der Waals surface area contributed by atoms with Crippen LogP contribution in [0.2, 0.25) is 10.0 Å². The normalized spacial score (nSPS) is 14.6. The second kappa shape index (κ2) is 4.48. The van der Waals surface area contributed by atoms with E-state index in [9.17, 15) is 0 Å². The van der Waals surface area contributed by atoms with Crippen LogP contribution in [-0.2, 0) is 12.8 Å². The Morgan fingerprint density at radius 2 is 1.78 bits per heavy atom. The van der Waals surface area contributed by atoms with Gasteiger partial charge in [0.2, 0.25) is 0 Å². The zero-order chi connectivity index (χ0) is 12.7. The lowest BCUT2D eigenvalue weighted by Gasteiger charge is -2.16. The Kier molecular flexibility index (Phi) is 2.96. The SMILES string of the molecule is Nc1cc(Cl)c(-n2cnc3c2CCCC3)c(Cl)c1. The van der Waals surface area contributed by atoms with Crippen LogP contribution < -0.4 is 5.73 Å². The van der Waals surface area contributed by atoms with E-state index in [1.54, 1.807) is 18.5 Å². The molecule has 0 aliphatic heterocycles. The summed E-state index contributed by atoms with van der Waals surface area (Å²) in [6.07, 6.45) is 6.24. The van der Waals surface area contributed by atoms with E-state index in [1.165, 1.54) is 18.5 Å². The summed E-state index contributed by atoms with van der Waals surface area (Å²) in [5.41, 5.74) is 9.45. The lowest BCUT2D eigenvalue weighted by atomic mass is 10.0. The fourth-order valence-electron chi connectivity index (χ4n) is 2.48. The maximum Gasteiger partial charge on any atom is 0.0998 e. The van der Waals surface area contributed by atoms with E-state index in [-0.39, 0.29) is 0 Å². The van der Waals surface area contributed by atoms with E-state index in [2.05, 4.69) is 4.98 Å². The standard InChI is InChI=1S/C13H13Cl2N3/c14-9-5-8(16)6-10(15)13(9)18-7-17-11-3-1-2-4-12(11)18/h5-7H,1-4,16H2. The Hall–Kier alpha value is -1.19. The number of aryl methyl sites for hydroxylation is 1. The van der Waals surface area contributed by atoms with E-state index in [1.807, 2.05) is 4.57 Å². The van der Waals surface area contributed by atoms with Crippen molar-refractivity contribution in [2.45, 2.75) is 25.7 Å². The van der Waals surface area contributed by atoms with Gasteiger partial charge in [-0.15, -0.1) is 0 Å². The summed E-state index contributed by atoms with van der Waals surface area (Å²) in [5, 5.41) is 1.12. The van der Waals surface area contributed by atoms with E-state index in [0.29, 0.717) is 15.7 Å². The molecular weight excluding hydrogens is 269 g/mol. The monoisotopic (exact) mass is 281 g/mol. The lowest BCUT2D eigenvalue weighted by molar-refractivity contribution is 0.656. The summed E-state index contributed by atoms with van der Waals surface area (Å²) < 4.78 is 2.00. The van der Waals surface area contributed by atoms with E-state index in [0.717, 1.165) is 24.2 Å². The number of benzene rings is 1. The molecular formula is C13H13Cl2N3. The molecule has 1 aromatic carbocycles. The maximum atomic E-state index is 6.26. The van der Waals surface area contributed by atoms with Gasteiger partial charge in [-0.25, -0.2) is 4.98 Å². The average molecular weight is 282 g/mol. The van der Waals surface area contributed by atoms with Gasteiger partial charge in [0.25, 0.3) is 0 Å². The Bertz CT molecular complexity index is 581. The predicted molar refractivity (Wildman–Crippen MR) is 74.6 cm³/mol. The van der Waals surface area contributed by atoms with Crippen molar-refractivity contribution in [2.75, 3.05) is 5.73 Å². The van der Waals surface area contributed by atoms with Crippen molar-refractivity contribution in [3.8, 4) is 5.69 Å². The molecule has 0 spiro atoms. The minimum absolute atomic E-state index is 0.561. The number of nitrogens with zero attached hydrogens (tertiary/aromatic N) is 2. The van der Waals surface area contributed by atoms with E-state index in [4.69, 9.17) is 28.9 Å². The highest BCUT2D eigenvalue weighted by molar-refractivity contribution is 6.38. The first-order valence-corrected chi connectivity index (χ1v) is 6.72. The van der Waals surface area contributed by atoms with Crippen LogP contribution in [-0.4, -0.2) is 9.55 Å². The largest absolute Gasteiger partial charge is 0.399 e. The van der Waals surface area contributed by atoms with Gasteiger partial charge in [-0.2, -0.15) is 0 Å². The smallest absolute Gasteiger partial charge is 0.0998 e. The Morgan fingerprint density at radius 3 is 2.50 bits per heavy atom. The molecule has 0 radical (unpaired) electrons. The molecule has 18 heavy (non-hydrogen) atoms. The number of imidazole rings is 1. The molecule has 1 aliphatic carbocycles. The molecule has 3 rings (SSSR count). The van der Waals surface area contributed by atoms with Crippen LogP contribution in [0.1, 0.15) is 24.2 Å². The summed E-state index contributed by atoms with van der Waals surface area (Å²) in [4.78, 5) is 4.45. The van der Waals surface area contributed by atoms with Gasteiger partial charge in [0.1, 0.15) is 0 Å². The minimum atomic E-state index is 0.561. The van der Waals surface area contributed by atoms with Crippen LogP contribution in [0, 0.1) is 0 Å². The van der Waals surface area contributed by atoms with Gasteiger partial charge >= 0.3 is 0 Å². The number of rotatable bonds is 1. The van der Waals surface area contributed by atoms with Crippen molar-refractivity contribution in [1.82, 2.24) is 9.55 Å². The van der Waals surface area contributed by atoms with E-state index >= 15 is 0 Å². The molecule has 0 bridgehead atoms. The third kappa shape index (κ3) is 1.88. The quantitative estimate of drug-likeness (QED) is 0.811. The Balaban J connectivity index is 2.18. The second-order valence-electron chi connectivity index (χ2n) is 4.55. The van der Waals surface area contributed by atoms with Crippen molar-refractivity contribution >= 4 is 28.9 Å². The topological polar surface area (TPSA) is 43.8 Å². The molecule has 1 aromatic heterocycles. The highest BCUT2D eigenvalue weighted by Crippen LogP contribution is 2.34. The van der Waals surface area contributed by atoms with Crippen LogP contribution in [0.3, 0.4) is 0 Å². The molecule has 0 saturated carbocycles. The first kappa shape index (κ1) is 11.9. The number of nitrogen functional groups attached to an aromatic ring is 1. The van der Waals surface area contributed by atoms with Crippen LogP contribution in [0.5, 0.6) is 0 Å². The number of halogens is 2. The Morgan fingerprint density at radius 1 is 1.11 bits per heavy atom. The van der Waals surface area contributed by atoms with Crippen LogP contribution in [0.4, 0.5) is 5.69 Å². The third-order valence-corrected chi connectivity index (χ3v) is 3.89. The summed E-state index contributed by atoms with van der Waals surface area (Å²) in [5.74, 6) is 0. The molecule has 94 valence electrons. The summed E-state index contributed by atoms with van der Waals surface area (Å²) in [6, 6.07) is 3.44. The highest BCUT2D eigenvalue weighted by Gasteiger charge is 2.19. The number of hydrogen-bond acceptors (Lipinski definition) is 2. The predicted octanol–water partition coefficient (Wildman–Crippen LogP) is 3.64. The molecule has 2 aromatic rings. The van der Waals surface area contributed by atoms with Crippen molar-refractivity contribution < 1.29 is 0 Å². The number of nitrogens with two attached hydrogens (primary N) is 1. The average Bonchev–Trinajstić information content (AvgIpc) is 2.72. The number of hydrogen-bond donors (Lipinski definition) is 1. The molecule has 0 amide bonds. The first-order chi connectivity index (χ1) is 8.66. The van der Waals surface area contributed by atoms with Gasteiger partial charge in [0.05, 0.1) is 27.8 Å². The Labute approximate surface area is 116 Å². The second-order valence-corrected chi connectivity index (χ2v) is 5.36. The van der Waals surface area contributed by atoms with Crippen molar-refractivity contribution in [2.24, 2.45) is 0 Å². The molecule has 2 N–H and O–H groups in total. The molecule has 0 atom stereocenters. The zero-order valence-corrected chi connectivity index (χ0v) is 11.3. The fourth-order valence-corrected chi connectivity index (χ4v) is 3.16. The molecule has 0 unspecified atom stereocenters. The zero-order valence-electron chi connectivity index (χ0n) is 9.79. The fraction of sp³-hybridized carbons (Fsp3) is 0.308. The summed E-state index contributed by atoms with van der Waals surface area (Å²) in [6.45, 7) is 0. The highest BCUT2D eigenvalue weighted by atomic mass is 35.5. The van der Waals surface area contributed by atoms with Crippen LogP contribution >= 0.6 is 23.2 Å².